The van der Waals surface area contributed by atoms with Gasteiger partial charge in [0.05, 0.1) is 0 Å². The van der Waals surface area contributed by atoms with Crippen molar-refractivity contribution in [3.63, 3.8) is 0 Å². The van der Waals surface area contributed by atoms with Gasteiger partial charge in [-0.25, -0.2) is 0 Å². The first-order chi connectivity index (χ1) is 4.65. The average molecular weight is 185 g/mol. The molecule has 0 atom stereocenters. The summed E-state index contributed by atoms with van der Waals surface area (Å²) in [5.41, 5.74) is 0. The summed E-state index contributed by atoms with van der Waals surface area (Å²) in [6.07, 6.45) is 5.54. The molecule has 0 saturated heterocycles. The first kappa shape index (κ1) is 13.2. The molecule has 0 bridgehead atoms. The Kier molecular flexibility index (Phi) is 16.2. The van der Waals surface area contributed by atoms with Crippen LogP contribution in [-0.4, -0.2) is 4.84 Å². The minimum Gasteiger partial charge on any atom is -0.106 e. The smallest absolute Gasteiger partial charge is 0.105 e. The molecule has 0 rings (SSSR count). The summed E-state index contributed by atoms with van der Waals surface area (Å²) in [5, 5.41) is 0. The molecule has 0 spiro atoms. The molecule has 0 unspecified atom stereocenters. The van der Waals surface area contributed by atoms with E-state index in [0.717, 1.165) is 0 Å². The molecule has 0 amide bonds. The van der Waals surface area contributed by atoms with Crippen LogP contribution in [0.15, 0.2) is 0 Å². The molecule has 0 aliphatic carbocycles. The summed E-state index contributed by atoms with van der Waals surface area (Å²) in [6.45, 7) is 6.16. The van der Waals surface area contributed by atoms with Gasteiger partial charge in [0, 0.05) is 0 Å². The normalized spacial score (nSPS) is 9.00. The molecule has 0 aliphatic rings. The van der Waals surface area contributed by atoms with Crippen molar-refractivity contribution in [1.82, 2.24) is 0 Å². The number of unbranched alkanes of at least 4 members (excludes halogenated alkanes) is 3. The Morgan fingerprint density at radius 1 is 1.00 bits per heavy atom. The van der Waals surface area contributed by atoms with Crippen LogP contribution in [0.2, 0.25) is 0 Å². The third-order valence-electron chi connectivity index (χ3n) is 0.957. The van der Waals surface area contributed by atoms with Gasteiger partial charge in [-0.05, 0) is 6.92 Å². The summed E-state index contributed by atoms with van der Waals surface area (Å²) in [4.78, 5) is -0.222. The van der Waals surface area contributed by atoms with Crippen molar-refractivity contribution in [2.45, 2.75) is 51.3 Å². The second-order valence-corrected chi connectivity index (χ2v) is 3.76. The van der Waals surface area contributed by atoms with E-state index in [2.05, 4.69) is 13.8 Å². The van der Waals surface area contributed by atoms with E-state index in [4.69, 9.17) is 23.2 Å². The second-order valence-electron chi connectivity index (χ2n) is 2.23. The van der Waals surface area contributed by atoms with Gasteiger partial charge in [0.1, 0.15) is 4.84 Å². The van der Waals surface area contributed by atoms with Crippen LogP contribution in [0.4, 0.5) is 0 Å². The van der Waals surface area contributed by atoms with E-state index in [-0.39, 0.29) is 4.84 Å². The highest BCUT2D eigenvalue weighted by Crippen LogP contribution is 1.95. The van der Waals surface area contributed by atoms with Crippen molar-refractivity contribution >= 4 is 23.2 Å². The highest BCUT2D eigenvalue weighted by atomic mass is 35.5. The molecule has 0 aliphatic heterocycles. The van der Waals surface area contributed by atoms with Crippen LogP contribution in [0.3, 0.4) is 0 Å². The zero-order valence-corrected chi connectivity index (χ0v) is 8.67. The molecule has 0 aromatic rings. The van der Waals surface area contributed by atoms with E-state index < -0.39 is 0 Å². The highest BCUT2D eigenvalue weighted by molar-refractivity contribution is 6.43. The minimum atomic E-state index is -0.222. The van der Waals surface area contributed by atoms with E-state index in [0.29, 0.717) is 0 Å². The fourth-order valence-electron chi connectivity index (χ4n) is 0.500. The van der Waals surface area contributed by atoms with Gasteiger partial charge in [-0.3, -0.25) is 0 Å². The van der Waals surface area contributed by atoms with E-state index in [9.17, 15) is 0 Å². The number of rotatable bonds is 3. The molecule has 0 aromatic heterocycles. The lowest BCUT2D eigenvalue weighted by atomic mass is 10.2. The lowest BCUT2D eigenvalue weighted by Gasteiger charge is -1.86. The Balaban J connectivity index is 0. The Morgan fingerprint density at radius 3 is 1.30 bits per heavy atom. The zero-order chi connectivity index (χ0) is 8.41. The molecule has 0 aromatic carbocycles. The fourth-order valence-corrected chi connectivity index (χ4v) is 0.500. The SMILES string of the molecule is CC(Cl)Cl.CCCCCC. The summed E-state index contributed by atoms with van der Waals surface area (Å²) >= 11 is 10.1. The first-order valence-corrected chi connectivity index (χ1v) is 4.80. The predicted molar refractivity (Wildman–Crippen MR) is 51.0 cm³/mol. The van der Waals surface area contributed by atoms with Gasteiger partial charge < -0.3 is 0 Å². The van der Waals surface area contributed by atoms with Gasteiger partial charge in [0.2, 0.25) is 0 Å². The summed E-state index contributed by atoms with van der Waals surface area (Å²) in [7, 11) is 0. The maximum absolute atomic E-state index is 5.04. The third kappa shape index (κ3) is 38.5. The maximum atomic E-state index is 5.04. The van der Waals surface area contributed by atoms with Gasteiger partial charge in [-0.1, -0.05) is 39.5 Å². The van der Waals surface area contributed by atoms with Gasteiger partial charge in [-0.15, -0.1) is 23.2 Å². The molecule has 0 nitrogen and oxygen atoms in total. The molecular weight excluding hydrogens is 167 g/mol. The van der Waals surface area contributed by atoms with Gasteiger partial charge >= 0.3 is 0 Å². The third-order valence-corrected chi connectivity index (χ3v) is 0.957. The van der Waals surface area contributed by atoms with E-state index in [1.807, 2.05) is 0 Å². The summed E-state index contributed by atoms with van der Waals surface area (Å²) in [5.74, 6) is 0. The number of hydrogen-bond donors (Lipinski definition) is 0. The van der Waals surface area contributed by atoms with Crippen molar-refractivity contribution in [2.75, 3.05) is 0 Å². The van der Waals surface area contributed by atoms with Crippen LogP contribution < -0.4 is 0 Å². The minimum absolute atomic E-state index is 0.222. The van der Waals surface area contributed by atoms with Crippen molar-refractivity contribution in [2.24, 2.45) is 0 Å². The molecule has 0 fully saturated rings. The number of alkyl halides is 2. The molecule has 10 heavy (non-hydrogen) atoms. The van der Waals surface area contributed by atoms with E-state index >= 15 is 0 Å². The Labute approximate surface area is 74.9 Å². The maximum Gasteiger partial charge on any atom is 0.105 e. The molecule has 0 heterocycles. The monoisotopic (exact) mass is 184 g/mol. The van der Waals surface area contributed by atoms with E-state index in [1.54, 1.807) is 6.92 Å². The second kappa shape index (κ2) is 12.3. The predicted octanol–water partition coefficient (Wildman–Crippen LogP) is 4.40. The van der Waals surface area contributed by atoms with Crippen LogP contribution >= 0.6 is 23.2 Å². The van der Waals surface area contributed by atoms with Gasteiger partial charge in [0.15, 0.2) is 0 Å². The molecule has 2 heteroatoms. The molecule has 0 radical (unpaired) electrons. The summed E-state index contributed by atoms with van der Waals surface area (Å²) < 4.78 is 0. The van der Waals surface area contributed by atoms with Gasteiger partial charge in [-0.2, -0.15) is 0 Å². The molecule has 0 saturated carbocycles. The van der Waals surface area contributed by atoms with E-state index in [1.165, 1.54) is 25.7 Å². The van der Waals surface area contributed by atoms with Crippen LogP contribution in [0.1, 0.15) is 46.5 Å². The molecule has 0 N–H and O–H groups in total. The van der Waals surface area contributed by atoms with Gasteiger partial charge in [0.25, 0.3) is 0 Å². The highest BCUT2D eigenvalue weighted by Gasteiger charge is 1.75. The average Bonchev–Trinajstić information content (AvgIpc) is 1.82. The summed E-state index contributed by atoms with van der Waals surface area (Å²) in [6, 6.07) is 0. The topological polar surface area (TPSA) is 0 Å². The van der Waals surface area contributed by atoms with Crippen LogP contribution in [0.5, 0.6) is 0 Å². The molecular formula is C8H18Cl2. The molecule has 64 valence electrons. The van der Waals surface area contributed by atoms with Crippen LogP contribution in [0.25, 0.3) is 0 Å². The Hall–Kier alpha value is 0.580. The standard InChI is InChI=1S/C6H14.C2H4Cl2/c1-3-5-6-4-2;1-2(3)4/h3-6H2,1-2H3;2H,1H3. The Bertz CT molecular complexity index is 37.8. The van der Waals surface area contributed by atoms with Crippen molar-refractivity contribution < 1.29 is 0 Å². The number of hydrogen-bond acceptors (Lipinski definition) is 0. The van der Waals surface area contributed by atoms with Crippen molar-refractivity contribution in [3.8, 4) is 0 Å². The fraction of sp³-hybridized carbons (Fsp3) is 1.00. The van der Waals surface area contributed by atoms with Crippen LogP contribution in [0, 0.1) is 0 Å². The quantitative estimate of drug-likeness (QED) is 0.451. The number of halogens is 2. The first-order valence-electron chi connectivity index (χ1n) is 3.93. The lowest BCUT2D eigenvalue weighted by molar-refractivity contribution is 0.702. The van der Waals surface area contributed by atoms with Crippen LogP contribution in [-0.2, 0) is 0 Å². The largest absolute Gasteiger partial charge is 0.106 e. The van der Waals surface area contributed by atoms with Crippen molar-refractivity contribution in [1.29, 1.82) is 0 Å². The Morgan fingerprint density at radius 2 is 1.20 bits per heavy atom. The zero-order valence-electron chi connectivity index (χ0n) is 7.16. The lowest BCUT2D eigenvalue weighted by Crippen LogP contribution is -1.66. The van der Waals surface area contributed by atoms with Crippen molar-refractivity contribution in [3.05, 3.63) is 0 Å².